The Hall–Kier alpha value is -3.28. The second-order valence-corrected chi connectivity index (χ2v) is 4.61. The van der Waals surface area contributed by atoms with Crippen LogP contribution >= 0.6 is 0 Å². The van der Waals surface area contributed by atoms with E-state index in [9.17, 15) is 14.9 Å². The van der Waals surface area contributed by atoms with Gasteiger partial charge in [0, 0.05) is 23.8 Å². The zero-order chi connectivity index (χ0) is 15.5. The predicted octanol–water partition coefficient (Wildman–Crippen LogP) is 2.81. The van der Waals surface area contributed by atoms with Crippen molar-refractivity contribution < 1.29 is 4.92 Å². The van der Waals surface area contributed by atoms with E-state index in [1.54, 1.807) is 6.07 Å². The molecule has 3 rings (SSSR count). The number of non-ortho nitro benzene ring substituents is 1. The normalized spacial score (nSPS) is 10.4. The lowest BCUT2D eigenvalue weighted by molar-refractivity contribution is -0.384. The first kappa shape index (κ1) is 13.7. The maximum atomic E-state index is 12.0. The quantitative estimate of drug-likeness (QED) is 0.549. The van der Waals surface area contributed by atoms with Crippen molar-refractivity contribution >= 4 is 5.69 Å². The molecule has 0 saturated heterocycles. The summed E-state index contributed by atoms with van der Waals surface area (Å²) in [5.74, 6) is 0. The molecular formula is C16H11N3O3. The van der Waals surface area contributed by atoms with Crippen LogP contribution in [-0.4, -0.2) is 14.7 Å². The Morgan fingerprint density at radius 3 is 2.23 bits per heavy atom. The van der Waals surface area contributed by atoms with Gasteiger partial charge in [-0.3, -0.25) is 14.9 Å². The summed E-state index contributed by atoms with van der Waals surface area (Å²) in [4.78, 5) is 22.2. The Labute approximate surface area is 125 Å². The highest BCUT2D eigenvalue weighted by Crippen LogP contribution is 2.17. The fraction of sp³-hybridized carbons (Fsp3) is 0. The molecule has 0 saturated carbocycles. The monoisotopic (exact) mass is 293 g/mol. The maximum absolute atomic E-state index is 12.0. The molecule has 1 aromatic heterocycles. The van der Waals surface area contributed by atoms with Gasteiger partial charge in [0.25, 0.3) is 11.2 Å². The zero-order valence-corrected chi connectivity index (χ0v) is 11.4. The van der Waals surface area contributed by atoms with Gasteiger partial charge in [0.1, 0.15) is 0 Å². The lowest BCUT2D eigenvalue weighted by atomic mass is 10.1. The van der Waals surface area contributed by atoms with Crippen LogP contribution in [-0.2, 0) is 0 Å². The van der Waals surface area contributed by atoms with E-state index in [4.69, 9.17) is 0 Å². The van der Waals surface area contributed by atoms with E-state index in [2.05, 4.69) is 5.10 Å². The van der Waals surface area contributed by atoms with Crippen LogP contribution in [0.2, 0.25) is 0 Å². The summed E-state index contributed by atoms with van der Waals surface area (Å²) in [6, 6.07) is 18.2. The largest absolute Gasteiger partial charge is 0.271 e. The van der Waals surface area contributed by atoms with E-state index in [1.165, 1.54) is 35.0 Å². The van der Waals surface area contributed by atoms with Crippen LogP contribution in [0.3, 0.4) is 0 Å². The van der Waals surface area contributed by atoms with Crippen molar-refractivity contribution in [2.45, 2.75) is 0 Å². The third-order valence-electron chi connectivity index (χ3n) is 3.17. The van der Waals surface area contributed by atoms with Gasteiger partial charge in [-0.1, -0.05) is 30.3 Å². The highest BCUT2D eigenvalue weighted by molar-refractivity contribution is 5.58. The molecule has 0 aliphatic heterocycles. The number of hydrogen-bond donors (Lipinski definition) is 0. The smallest absolute Gasteiger partial charge is 0.267 e. The standard InChI is InChI=1S/C16H11N3O3/c20-16-11-10-15(12-4-2-1-3-5-12)17-18(16)13-6-8-14(9-7-13)19(21)22/h1-11H. The van der Waals surface area contributed by atoms with Crippen molar-refractivity contribution in [1.82, 2.24) is 9.78 Å². The SMILES string of the molecule is O=c1ccc(-c2ccccc2)nn1-c1ccc([N+](=O)[O-])cc1. The molecule has 0 amide bonds. The first-order valence-corrected chi connectivity index (χ1v) is 6.56. The van der Waals surface area contributed by atoms with Crippen molar-refractivity contribution in [2.75, 3.05) is 0 Å². The summed E-state index contributed by atoms with van der Waals surface area (Å²) >= 11 is 0. The molecule has 3 aromatic rings. The summed E-state index contributed by atoms with van der Waals surface area (Å²) in [5, 5.41) is 15.0. The minimum absolute atomic E-state index is 0.0315. The number of nitrogens with zero attached hydrogens (tertiary/aromatic N) is 3. The van der Waals surface area contributed by atoms with E-state index < -0.39 is 4.92 Å². The van der Waals surface area contributed by atoms with Gasteiger partial charge in [0.15, 0.2) is 0 Å². The van der Waals surface area contributed by atoms with E-state index in [0.717, 1.165) is 5.56 Å². The zero-order valence-electron chi connectivity index (χ0n) is 11.4. The fourth-order valence-electron chi connectivity index (χ4n) is 2.07. The molecule has 0 unspecified atom stereocenters. The molecule has 2 aromatic carbocycles. The summed E-state index contributed by atoms with van der Waals surface area (Å²) in [6.45, 7) is 0. The molecule has 0 radical (unpaired) electrons. The van der Waals surface area contributed by atoms with E-state index in [1.807, 2.05) is 30.3 Å². The molecule has 0 aliphatic rings. The van der Waals surface area contributed by atoms with Crippen LogP contribution in [0.25, 0.3) is 16.9 Å². The average Bonchev–Trinajstić information content (AvgIpc) is 2.56. The number of benzene rings is 2. The molecule has 0 aliphatic carbocycles. The number of hydrogen-bond acceptors (Lipinski definition) is 4. The van der Waals surface area contributed by atoms with Crippen molar-refractivity contribution in [3.8, 4) is 16.9 Å². The first-order chi connectivity index (χ1) is 10.6. The van der Waals surface area contributed by atoms with Gasteiger partial charge >= 0.3 is 0 Å². The van der Waals surface area contributed by atoms with Gasteiger partial charge in [-0.25, -0.2) is 0 Å². The fourth-order valence-corrected chi connectivity index (χ4v) is 2.07. The van der Waals surface area contributed by atoms with Gasteiger partial charge in [0.2, 0.25) is 0 Å². The third-order valence-corrected chi connectivity index (χ3v) is 3.17. The number of rotatable bonds is 3. The lowest BCUT2D eigenvalue weighted by Crippen LogP contribution is -2.20. The van der Waals surface area contributed by atoms with Gasteiger partial charge in [-0.05, 0) is 18.2 Å². The van der Waals surface area contributed by atoms with Crippen LogP contribution in [0.15, 0.2) is 71.5 Å². The topological polar surface area (TPSA) is 78.0 Å². The van der Waals surface area contributed by atoms with E-state index in [-0.39, 0.29) is 11.2 Å². The molecule has 0 bridgehead atoms. The molecule has 108 valence electrons. The summed E-state index contributed by atoms with van der Waals surface area (Å²) < 4.78 is 1.23. The van der Waals surface area contributed by atoms with Gasteiger partial charge in [0.05, 0.1) is 16.3 Å². The van der Waals surface area contributed by atoms with Gasteiger partial charge in [-0.15, -0.1) is 0 Å². The second kappa shape index (κ2) is 5.61. The molecule has 0 spiro atoms. The molecule has 6 heteroatoms. The summed E-state index contributed by atoms with van der Waals surface area (Å²) in [5.41, 5.74) is 1.69. The Morgan fingerprint density at radius 2 is 1.59 bits per heavy atom. The number of aromatic nitrogens is 2. The van der Waals surface area contributed by atoms with Crippen LogP contribution in [0, 0.1) is 10.1 Å². The van der Waals surface area contributed by atoms with Crippen LogP contribution in [0.5, 0.6) is 0 Å². The van der Waals surface area contributed by atoms with Crippen molar-refractivity contribution in [1.29, 1.82) is 0 Å². The molecule has 0 fully saturated rings. The molecule has 6 nitrogen and oxygen atoms in total. The third kappa shape index (κ3) is 2.62. The molecule has 0 N–H and O–H groups in total. The Balaban J connectivity index is 2.07. The second-order valence-electron chi connectivity index (χ2n) is 4.61. The van der Waals surface area contributed by atoms with Gasteiger partial charge in [-0.2, -0.15) is 9.78 Å². The number of nitro groups is 1. The van der Waals surface area contributed by atoms with E-state index in [0.29, 0.717) is 11.4 Å². The molecule has 1 heterocycles. The van der Waals surface area contributed by atoms with Crippen LogP contribution < -0.4 is 5.56 Å². The highest BCUT2D eigenvalue weighted by Gasteiger charge is 2.08. The molecule has 22 heavy (non-hydrogen) atoms. The summed E-state index contributed by atoms with van der Waals surface area (Å²) in [7, 11) is 0. The first-order valence-electron chi connectivity index (χ1n) is 6.56. The van der Waals surface area contributed by atoms with Crippen molar-refractivity contribution in [3.05, 3.63) is 87.2 Å². The molecule has 0 atom stereocenters. The predicted molar refractivity (Wildman–Crippen MR) is 81.9 cm³/mol. The minimum Gasteiger partial charge on any atom is -0.267 e. The van der Waals surface area contributed by atoms with Crippen LogP contribution in [0.4, 0.5) is 5.69 Å². The Kier molecular flexibility index (Phi) is 3.49. The lowest BCUT2D eigenvalue weighted by Gasteiger charge is -2.07. The minimum atomic E-state index is -0.486. The van der Waals surface area contributed by atoms with Gasteiger partial charge < -0.3 is 0 Å². The molecular weight excluding hydrogens is 282 g/mol. The maximum Gasteiger partial charge on any atom is 0.271 e. The Bertz CT molecular complexity index is 871. The van der Waals surface area contributed by atoms with Crippen molar-refractivity contribution in [3.63, 3.8) is 0 Å². The van der Waals surface area contributed by atoms with E-state index >= 15 is 0 Å². The Morgan fingerprint density at radius 1 is 0.909 bits per heavy atom. The average molecular weight is 293 g/mol. The highest BCUT2D eigenvalue weighted by atomic mass is 16.6. The summed E-state index contributed by atoms with van der Waals surface area (Å²) in [6.07, 6.45) is 0. The number of nitro benzene ring substituents is 1. The van der Waals surface area contributed by atoms with Crippen LogP contribution in [0.1, 0.15) is 0 Å². The van der Waals surface area contributed by atoms with Crippen molar-refractivity contribution in [2.24, 2.45) is 0 Å².